The second-order valence-corrected chi connectivity index (χ2v) is 6.71. The quantitative estimate of drug-likeness (QED) is 0.776. The van der Waals surface area contributed by atoms with Gasteiger partial charge in [0.1, 0.15) is 0 Å². The lowest BCUT2D eigenvalue weighted by Gasteiger charge is -2.32. The molecule has 0 saturated heterocycles. The third-order valence-corrected chi connectivity index (χ3v) is 4.71. The van der Waals surface area contributed by atoms with Gasteiger partial charge in [-0.1, -0.05) is 57.9 Å². The molecular formula is C19H31N. The third-order valence-electron chi connectivity index (χ3n) is 4.71. The van der Waals surface area contributed by atoms with Gasteiger partial charge in [0.05, 0.1) is 0 Å². The minimum atomic E-state index is 0.637. The monoisotopic (exact) mass is 273 g/mol. The van der Waals surface area contributed by atoms with E-state index in [1.165, 1.54) is 56.2 Å². The van der Waals surface area contributed by atoms with E-state index in [4.69, 9.17) is 0 Å². The maximum atomic E-state index is 3.77. The average Bonchev–Trinajstić information content (AvgIpc) is 2.47. The Kier molecular flexibility index (Phi) is 6.09. The standard InChI is InChI=1S/C19H31N/c1-4-13-20-19-8-6-5-7-18(19)14-16-9-11-17(12-10-16)15(2)3/h9-12,15,18-20H,4-8,13-14H2,1-3H3. The van der Waals surface area contributed by atoms with Crippen LogP contribution in [0.2, 0.25) is 0 Å². The van der Waals surface area contributed by atoms with E-state index in [1.54, 1.807) is 0 Å². The first-order valence-corrected chi connectivity index (χ1v) is 8.53. The van der Waals surface area contributed by atoms with Crippen LogP contribution < -0.4 is 5.32 Å². The van der Waals surface area contributed by atoms with Gasteiger partial charge in [-0.25, -0.2) is 0 Å². The highest BCUT2D eigenvalue weighted by Crippen LogP contribution is 2.28. The normalized spacial score (nSPS) is 23.2. The van der Waals surface area contributed by atoms with Crippen molar-refractivity contribution in [1.82, 2.24) is 5.32 Å². The van der Waals surface area contributed by atoms with Crippen LogP contribution >= 0.6 is 0 Å². The second-order valence-electron chi connectivity index (χ2n) is 6.71. The maximum Gasteiger partial charge on any atom is 0.00984 e. The van der Waals surface area contributed by atoms with Gasteiger partial charge in [0.15, 0.2) is 0 Å². The number of hydrogen-bond acceptors (Lipinski definition) is 1. The molecule has 1 fully saturated rings. The first kappa shape index (κ1) is 15.6. The summed E-state index contributed by atoms with van der Waals surface area (Å²) in [7, 11) is 0. The van der Waals surface area contributed by atoms with Gasteiger partial charge in [-0.05, 0) is 55.2 Å². The van der Waals surface area contributed by atoms with E-state index >= 15 is 0 Å². The Hall–Kier alpha value is -0.820. The summed E-state index contributed by atoms with van der Waals surface area (Å²) in [6.07, 6.45) is 8.08. The van der Waals surface area contributed by atoms with Gasteiger partial charge in [-0.2, -0.15) is 0 Å². The molecule has 1 aliphatic rings. The van der Waals surface area contributed by atoms with E-state index in [2.05, 4.69) is 50.4 Å². The van der Waals surface area contributed by atoms with Gasteiger partial charge < -0.3 is 5.32 Å². The van der Waals surface area contributed by atoms with Crippen LogP contribution in [0, 0.1) is 5.92 Å². The topological polar surface area (TPSA) is 12.0 Å². The molecule has 0 amide bonds. The van der Waals surface area contributed by atoms with Crippen LogP contribution in [0.4, 0.5) is 0 Å². The van der Waals surface area contributed by atoms with Crippen molar-refractivity contribution >= 4 is 0 Å². The van der Waals surface area contributed by atoms with E-state index < -0.39 is 0 Å². The Morgan fingerprint density at radius 1 is 1.10 bits per heavy atom. The van der Waals surface area contributed by atoms with Gasteiger partial charge in [-0.3, -0.25) is 0 Å². The van der Waals surface area contributed by atoms with Gasteiger partial charge in [0.25, 0.3) is 0 Å². The van der Waals surface area contributed by atoms with Crippen molar-refractivity contribution in [3.63, 3.8) is 0 Å². The van der Waals surface area contributed by atoms with Gasteiger partial charge in [-0.15, -0.1) is 0 Å². The lowest BCUT2D eigenvalue weighted by Crippen LogP contribution is -2.39. The second kappa shape index (κ2) is 7.83. The molecule has 20 heavy (non-hydrogen) atoms. The molecule has 2 unspecified atom stereocenters. The number of hydrogen-bond donors (Lipinski definition) is 1. The lowest BCUT2D eigenvalue weighted by atomic mass is 9.80. The van der Waals surface area contributed by atoms with Gasteiger partial charge >= 0.3 is 0 Å². The zero-order chi connectivity index (χ0) is 14.4. The van der Waals surface area contributed by atoms with Crippen LogP contribution in [0.1, 0.15) is 69.9 Å². The molecule has 1 saturated carbocycles. The van der Waals surface area contributed by atoms with E-state index in [0.29, 0.717) is 5.92 Å². The van der Waals surface area contributed by atoms with E-state index in [9.17, 15) is 0 Å². The fraction of sp³-hybridized carbons (Fsp3) is 0.684. The molecule has 0 bridgehead atoms. The fourth-order valence-corrected chi connectivity index (χ4v) is 3.39. The fourth-order valence-electron chi connectivity index (χ4n) is 3.39. The van der Waals surface area contributed by atoms with Crippen LogP contribution in [-0.4, -0.2) is 12.6 Å². The van der Waals surface area contributed by atoms with E-state index in [1.807, 2.05) is 0 Å². The Balaban J connectivity index is 1.95. The van der Waals surface area contributed by atoms with Crippen molar-refractivity contribution in [3.05, 3.63) is 35.4 Å². The summed E-state index contributed by atoms with van der Waals surface area (Å²) in [5.41, 5.74) is 2.97. The summed E-state index contributed by atoms with van der Waals surface area (Å²) in [5, 5.41) is 3.77. The molecular weight excluding hydrogens is 242 g/mol. The Morgan fingerprint density at radius 2 is 1.80 bits per heavy atom. The van der Waals surface area contributed by atoms with Crippen molar-refractivity contribution in [2.75, 3.05) is 6.54 Å². The SMILES string of the molecule is CCCNC1CCCCC1Cc1ccc(C(C)C)cc1. The first-order valence-electron chi connectivity index (χ1n) is 8.53. The van der Waals surface area contributed by atoms with Crippen LogP contribution in [0.3, 0.4) is 0 Å². The summed E-state index contributed by atoms with van der Waals surface area (Å²) in [5.74, 6) is 1.47. The Labute approximate surface area is 125 Å². The molecule has 2 rings (SSSR count). The third kappa shape index (κ3) is 4.34. The lowest BCUT2D eigenvalue weighted by molar-refractivity contribution is 0.261. The highest BCUT2D eigenvalue weighted by molar-refractivity contribution is 5.25. The Bertz CT molecular complexity index is 379. The predicted molar refractivity (Wildman–Crippen MR) is 88.3 cm³/mol. The number of rotatable bonds is 6. The summed E-state index contributed by atoms with van der Waals surface area (Å²) in [6, 6.07) is 10.1. The van der Waals surface area contributed by atoms with Gasteiger partial charge in [0, 0.05) is 6.04 Å². The Morgan fingerprint density at radius 3 is 2.45 bits per heavy atom. The average molecular weight is 273 g/mol. The summed E-state index contributed by atoms with van der Waals surface area (Å²) >= 11 is 0. The zero-order valence-corrected chi connectivity index (χ0v) is 13.5. The smallest absolute Gasteiger partial charge is 0.00984 e. The molecule has 1 N–H and O–H groups in total. The number of benzene rings is 1. The van der Waals surface area contributed by atoms with Crippen molar-refractivity contribution in [1.29, 1.82) is 0 Å². The molecule has 112 valence electrons. The van der Waals surface area contributed by atoms with Gasteiger partial charge in [0.2, 0.25) is 0 Å². The van der Waals surface area contributed by atoms with E-state index in [0.717, 1.165) is 12.0 Å². The molecule has 1 nitrogen and oxygen atoms in total. The highest BCUT2D eigenvalue weighted by atomic mass is 14.9. The zero-order valence-electron chi connectivity index (χ0n) is 13.5. The molecule has 0 spiro atoms. The minimum Gasteiger partial charge on any atom is -0.314 e. The van der Waals surface area contributed by atoms with E-state index in [-0.39, 0.29) is 0 Å². The highest BCUT2D eigenvalue weighted by Gasteiger charge is 2.24. The van der Waals surface area contributed by atoms with Crippen molar-refractivity contribution in [3.8, 4) is 0 Å². The van der Waals surface area contributed by atoms with Crippen LogP contribution in [0.25, 0.3) is 0 Å². The molecule has 0 aliphatic heterocycles. The van der Waals surface area contributed by atoms with Crippen LogP contribution in [0.15, 0.2) is 24.3 Å². The molecule has 0 heterocycles. The predicted octanol–water partition coefficient (Wildman–Crippen LogP) is 4.91. The molecule has 1 heteroatoms. The molecule has 0 radical (unpaired) electrons. The van der Waals surface area contributed by atoms with Crippen molar-refractivity contribution in [2.45, 2.75) is 71.3 Å². The first-order chi connectivity index (χ1) is 9.70. The summed E-state index contributed by atoms with van der Waals surface area (Å²) < 4.78 is 0. The molecule has 0 aromatic heterocycles. The number of nitrogens with one attached hydrogen (secondary N) is 1. The molecule has 2 atom stereocenters. The molecule has 1 aliphatic carbocycles. The summed E-state index contributed by atoms with van der Waals surface area (Å²) in [6.45, 7) is 7.96. The van der Waals surface area contributed by atoms with Crippen molar-refractivity contribution in [2.24, 2.45) is 5.92 Å². The van der Waals surface area contributed by atoms with Crippen molar-refractivity contribution < 1.29 is 0 Å². The van der Waals surface area contributed by atoms with Crippen LogP contribution in [0.5, 0.6) is 0 Å². The molecule has 1 aromatic carbocycles. The maximum absolute atomic E-state index is 3.77. The molecule has 1 aromatic rings. The minimum absolute atomic E-state index is 0.637. The van der Waals surface area contributed by atoms with Crippen LogP contribution in [-0.2, 0) is 6.42 Å². The largest absolute Gasteiger partial charge is 0.314 e. The summed E-state index contributed by atoms with van der Waals surface area (Å²) in [4.78, 5) is 0.